The zero-order chi connectivity index (χ0) is 14.8. The average molecular weight is 302 g/mol. The highest BCUT2D eigenvalue weighted by atomic mass is 32.2. The Hall–Kier alpha value is -1.45. The van der Waals surface area contributed by atoms with Gasteiger partial charge in [0, 0.05) is 25.7 Å². The molecule has 2 rings (SSSR count). The minimum atomic E-state index is -3.69. The first-order valence-corrected chi connectivity index (χ1v) is 7.90. The van der Waals surface area contributed by atoms with Crippen LogP contribution in [0, 0.1) is 12.8 Å². The van der Waals surface area contributed by atoms with Gasteiger partial charge < -0.3 is 9.42 Å². The number of nitrogens with one attached hydrogen (secondary N) is 1. The van der Waals surface area contributed by atoms with E-state index in [0.29, 0.717) is 18.8 Å². The van der Waals surface area contributed by atoms with Gasteiger partial charge in [-0.15, -0.1) is 0 Å². The van der Waals surface area contributed by atoms with Gasteiger partial charge in [-0.25, -0.2) is 9.86 Å². The summed E-state index contributed by atoms with van der Waals surface area (Å²) in [4.78, 5) is 13.9. The van der Waals surface area contributed by atoms with E-state index in [-0.39, 0.29) is 24.1 Å². The molecule has 20 heavy (non-hydrogen) atoms. The molecule has 1 aliphatic rings. The van der Waals surface area contributed by atoms with Crippen LogP contribution in [0.2, 0.25) is 0 Å². The quantitative estimate of drug-likeness (QED) is 0.786. The van der Waals surface area contributed by atoms with E-state index in [9.17, 15) is 13.2 Å². The standard InChI is InChI=1S/C11H18N4O4S/c1-8-5-10(14-19-8)11(16)15-4-2-3-9(7-15)6-13-20(12,17)18/h5,9,13H,2-4,6-7H2,1H3,(H2,12,17,18). The summed E-state index contributed by atoms with van der Waals surface area (Å²) < 4.78 is 28.9. The number of hydrogen-bond acceptors (Lipinski definition) is 5. The zero-order valence-corrected chi connectivity index (χ0v) is 12.0. The molecule has 0 aliphatic carbocycles. The summed E-state index contributed by atoms with van der Waals surface area (Å²) in [6.07, 6.45) is 1.67. The topological polar surface area (TPSA) is 119 Å². The van der Waals surface area contributed by atoms with Crippen LogP contribution in [0.15, 0.2) is 10.6 Å². The van der Waals surface area contributed by atoms with Crippen molar-refractivity contribution in [1.82, 2.24) is 14.8 Å². The lowest BCUT2D eigenvalue weighted by atomic mass is 9.98. The lowest BCUT2D eigenvalue weighted by molar-refractivity contribution is 0.0666. The fourth-order valence-electron chi connectivity index (χ4n) is 2.28. The third-order valence-corrected chi connectivity index (χ3v) is 3.80. The Morgan fingerprint density at radius 2 is 2.40 bits per heavy atom. The molecular weight excluding hydrogens is 284 g/mol. The van der Waals surface area contributed by atoms with Crippen LogP contribution in [0.1, 0.15) is 29.1 Å². The fraction of sp³-hybridized carbons (Fsp3) is 0.636. The second-order valence-corrected chi connectivity index (χ2v) is 6.35. The maximum absolute atomic E-state index is 12.2. The van der Waals surface area contributed by atoms with Gasteiger partial charge in [-0.3, -0.25) is 4.79 Å². The Morgan fingerprint density at radius 3 is 3.00 bits per heavy atom. The largest absolute Gasteiger partial charge is 0.361 e. The maximum Gasteiger partial charge on any atom is 0.276 e. The molecule has 1 saturated heterocycles. The van der Waals surface area contributed by atoms with Gasteiger partial charge in [-0.2, -0.15) is 8.42 Å². The number of aromatic nitrogens is 1. The molecule has 0 aromatic carbocycles. The first kappa shape index (κ1) is 14.9. The van der Waals surface area contributed by atoms with E-state index in [1.54, 1.807) is 17.9 Å². The Labute approximate surface area is 117 Å². The molecule has 0 radical (unpaired) electrons. The van der Waals surface area contributed by atoms with Crippen molar-refractivity contribution in [3.05, 3.63) is 17.5 Å². The molecule has 3 N–H and O–H groups in total. The molecule has 1 fully saturated rings. The Kier molecular flexibility index (Phi) is 4.41. The van der Waals surface area contributed by atoms with Gasteiger partial charge in [0.15, 0.2) is 5.69 Å². The van der Waals surface area contributed by atoms with Gasteiger partial charge in [0.05, 0.1) is 0 Å². The normalized spacial score (nSPS) is 20.1. The van der Waals surface area contributed by atoms with Gasteiger partial charge in [-0.1, -0.05) is 5.16 Å². The first-order valence-electron chi connectivity index (χ1n) is 6.35. The lowest BCUT2D eigenvalue weighted by Crippen LogP contribution is -2.44. The maximum atomic E-state index is 12.2. The number of hydrogen-bond donors (Lipinski definition) is 2. The number of carbonyl (C=O) groups excluding carboxylic acids is 1. The summed E-state index contributed by atoms with van der Waals surface area (Å²) in [5.74, 6) is 0.443. The Bertz CT molecular complexity index is 583. The number of rotatable bonds is 4. The molecule has 1 aromatic heterocycles. The third kappa shape index (κ3) is 4.02. The minimum absolute atomic E-state index is 0.0547. The molecule has 8 nitrogen and oxygen atoms in total. The highest BCUT2D eigenvalue weighted by molar-refractivity contribution is 7.87. The molecule has 0 bridgehead atoms. The Balaban J connectivity index is 1.94. The van der Waals surface area contributed by atoms with Crippen LogP contribution >= 0.6 is 0 Å². The van der Waals surface area contributed by atoms with Crippen molar-refractivity contribution in [1.29, 1.82) is 0 Å². The van der Waals surface area contributed by atoms with Crippen molar-refractivity contribution in [2.24, 2.45) is 11.1 Å². The van der Waals surface area contributed by atoms with E-state index in [1.165, 1.54) is 0 Å². The summed E-state index contributed by atoms with van der Waals surface area (Å²) in [6, 6.07) is 1.59. The SMILES string of the molecule is Cc1cc(C(=O)N2CCCC(CNS(N)(=O)=O)C2)no1. The number of amides is 1. The van der Waals surface area contributed by atoms with E-state index in [2.05, 4.69) is 9.88 Å². The van der Waals surface area contributed by atoms with E-state index in [0.717, 1.165) is 12.8 Å². The van der Waals surface area contributed by atoms with Gasteiger partial charge >= 0.3 is 0 Å². The minimum Gasteiger partial charge on any atom is -0.361 e. The fourth-order valence-corrected chi connectivity index (χ4v) is 2.75. The zero-order valence-electron chi connectivity index (χ0n) is 11.2. The average Bonchev–Trinajstić information content (AvgIpc) is 2.82. The molecule has 1 aliphatic heterocycles. The number of likely N-dealkylation sites (tertiary alicyclic amines) is 1. The van der Waals surface area contributed by atoms with Crippen molar-refractivity contribution < 1.29 is 17.7 Å². The highest BCUT2D eigenvalue weighted by Gasteiger charge is 2.26. The molecular formula is C11H18N4O4S. The predicted molar refractivity (Wildman–Crippen MR) is 71.0 cm³/mol. The lowest BCUT2D eigenvalue weighted by Gasteiger charge is -2.32. The number of nitrogens with two attached hydrogens (primary N) is 1. The first-order chi connectivity index (χ1) is 9.35. The Morgan fingerprint density at radius 1 is 1.65 bits per heavy atom. The molecule has 1 aromatic rings. The van der Waals surface area contributed by atoms with Crippen molar-refractivity contribution in [2.75, 3.05) is 19.6 Å². The van der Waals surface area contributed by atoms with E-state index in [1.807, 2.05) is 0 Å². The van der Waals surface area contributed by atoms with Gasteiger partial charge in [0.25, 0.3) is 16.1 Å². The van der Waals surface area contributed by atoms with Crippen LogP contribution in [0.3, 0.4) is 0 Å². The van der Waals surface area contributed by atoms with Crippen molar-refractivity contribution in [3.8, 4) is 0 Å². The second kappa shape index (κ2) is 5.90. The van der Waals surface area contributed by atoms with Crippen LogP contribution in [-0.4, -0.2) is 44.0 Å². The molecule has 1 unspecified atom stereocenters. The van der Waals surface area contributed by atoms with E-state index >= 15 is 0 Å². The number of carbonyl (C=O) groups is 1. The van der Waals surface area contributed by atoms with Gasteiger partial charge in [-0.05, 0) is 25.7 Å². The van der Waals surface area contributed by atoms with Gasteiger partial charge in [0.2, 0.25) is 0 Å². The molecule has 0 saturated carbocycles. The van der Waals surface area contributed by atoms with Crippen LogP contribution in [0.5, 0.6) is 0 Å². The molecule has 1 amide bonds. The van der Waals surface area contributed by atoms with Crippen molar-refractivity contribution in [3.63, 3.8) is 0 Å². The second-order valence-electron chi connectivity index (χ2n) is 4.98. The monoisotopic (exact) mass is 302 g/mol. The van der Waals surface area contributed by atoms with Gasteiger partial charge in [0.1, 0.15) is 5.76 Å². The van der Waals surface area contributed by atoms with E-state index in [4.69, 9.17) is 9.66 Å². The molecule has 9 heteroatoms. The number of nitrogens with zero attached hydrogens (tertiary/aromatic N) is 2. The summed E-state index contributed by atoms with van der Waals surface area (Å²) in [6.45, 7) is 3.07. The van der Waals surface area contributed by atoms with Crippen LogP contribution in [0.4, 0.5) is 0 Å². The third-order valence-electron chi connectivity index (χ3n) is 3.23. The van der Waals surface area contributed by atoms with Crippen LogP contribution in [-0.2, 0) is 10.2 Å². The molecule has 0 spiro atoms. The smallest absolute Gasteiger partial charge is 0.276 e. The van der Waals surface area contributed by atoms with Crippen LogP contribution in [0.25, 0.3) is 0 Å². The summed E-state index contributed by atoms with van der Waals surface area (Å²) in [7, 11) is -3.69. The predicted octanol–water partition coefficient (Wildman–Crippen LogP) is -0.372. The highest BCUT2D eigenvalue weighted by Crippen LogP contribution is 2.18. The molecule has 2 heterocycles. The summed E-state index contributed by atoms with van der Waals surface area (Å²) >= 11 is 0. The summed E-state index contributed by atoms with van der Waals surface area (Å²) in [5.41, 5.74) is 0.280. The van der Waals surface area contributed by atoms with Crippen molar-refractivity contribution in [2.45, 2.75) is 19.8 Å². The van der Waals surface area contributed by atoms with Crippen molar-refractivity contribution >= 4 is 16.1 Å². The van der Waals surface area contributed by atoms with Crippen LogP contribution < -0.4 is 9.86 Å². The van der Waals surface area contributed by atoms with E-state index < -0.39 is 10.2 Å². The number of aryl methyl sites for hydroxylation is 1. The number of piperidine rings is 1. The molecule has 112 valence electrons. The summed E-state index contributed by atoms with van der Waals surface area (Å²) in [5, 5.41) is 8.60. The molecule has 1 atom stereocenters.